The van der Waals surface area contributed by atoms with Gasteiger partial charge in [0.25, 0.3) is 5.91 Å². The number of carboxylic acid groups (broad SMARTS) is 1. The molecule has 0 saturated carbocycles. The van der Waals surface area contributed by atoms with Crippen molar-refractivity contribution in [3.63, 3.8) is 0 Å². The van der Waals surface area contributed by atoms with Crippen LogP contribution in [0.25, 0.3) is 0 Å². The van der Waals surface area contributed by atoms with Crippen LogP contribution in [0.15, 0.2) is 17.5 Å². The van der Waals surface area contributed by atoms with E-state index in [2.05, 4.69) is 4.90 Å². The zero-order valence-corrected chi connectivity index (χ0v) is 14.4. The monoisotopic (exact) mass is 351 g/mol. The number of carbonyl (C=O) groups is 3. The van der Waals surface area contributed by atoms with E-state index < -0.39 is 11.9 Å². The number of carbonyl (C=O) groups excluding carboxylic acids is 2. The minimum absolute atomic E-state index is 0.0121. The maximum atomic E-state index is 12.6. The molecule has 24 heavy (non-hydrogen) atoms. The van der Waals surface area contributed by atoms with Crippen LogP contribution in [0.4, 0.5) is 0 Å². The van der Waals surface area contributed by atoms with Crippen LogP contribution >= 0.6 is 11.3 Å². The molecule has 0 bridgehead atoms. The van der Waals surface area contributed by atoms with Gasteiger partial charge in [-0.15, -0.1) is 11.3 Å². The first-order valence-corrected chi connectivity index (χ1v) is 8.89. The maximum Gasteiger partial charge on any atom is 0.309 e. The Kier molecular flexibility index (Phi) is 4.86. The molecule has 3 heterocycles. The van der Waals surface area contributed by atoms with E-state index in [-0.39, 0.29) is 24.4 Å². The first-order valence-electron chi connectivity index (χ1n) is 8.01. The highest BCUT2D eigenvalue weighted by atomic mass is 32.1. The molecule has 2 saturated heterocycles. The van der Waals surface area contributed by atoms with Gasteiger partial charge in [0.15, 0.2) is 0 Å². The van der Waals surface area contributed by atoms with E-state index in [0.717, 1.165) is 0 Å². The Morgan fingerprint density at radius 2 is 1.88 bits per heavy atom. The van der Waals surface area contributed by atoms with Crippen LogP contribution in [0.5, 0.6) is 0 Å². The summed E-state index contributed by atoms with van der Waals surface area (Å²) in [4.78, 5) is 42.1. The molecule has 2 atom stereocenters. The summed E-state index contributed by atoms with van der Waals surface area (Å²) in [6, 6.07) is 3.65. The van der Waals surface area contributed by atoms with E-state index >= 15 is 0 Å². The number of aliphatic carboxylic acids is 1. The van der Waals surface area contributed by atoms with Crippen molar-refractivity contribution < 1.29 is 19.5 Å². The number of carboxylic acids is 1. The minimum atomic E-state index is -0.876. The van der Waals surface area contributed by atoms with Crippen LogP contribution in [0.2, 0.25) is 0 Å². The smallest absolute Gasteiger partial charge is 0.309 e. The van der Waals surface area contributed by atoms with E-state index in [1.807, 2.05) is 22.4 Å². The van der Waals surface area contributed by atoms with Crippen molar-refractivity contribution in [2.24, 2.45) is 5.92 Å². The molecule has 2 fully saturated rings. The van der Waals surface area contributed by atoms with Crippen molar-refractivity contribution in [3.05, 3.63) is 22.4 Å². The highest BCUT2D eigenvalue weighted by molar-refractivity contribution is 7.12. The van der Waals surface area contributed by atoms with Crippen LogP contribution < -0.4 is 0 Å². The van der Waals surface area contributed by atoms with Crippen molar-refractivity contribution in [2.45, 2.75) is 13.0 Å². The first-order chi connectivity index (χ1) is 11.5. The molecule has 130 valence electrons. The van der Waals surface area contributed by atoms with Crippen LogP contribution in [0.3, 0.4) is 0 Å². The van der Waals surface area contributed by atoms with Crippen molar-refractivity contribution in [3.8, 4) is 0 Å². The zero-order chi connectivity index (χ0) is 17.3. The first kappa shape index (κ1) is 16.9. The number of rotatable bonds is 2. The van der Waals surface area contributed by atoms with Gasteiger partial charge in [-0.25, -0.2) is 0 Å². The molecule has 0 aromatic carbocycles. The Morgan fingerprint density at radius 1 is 1.12 bits per heavy atom. The van der Waals surface area contributed by atoms with Crippen molar-refractivity contribution in [1.29, 1.82) is 0 Å². The maximum absolute atomic E-state index is 12.6. The Hall–Kier alpha value is -1.93. The Bertz CT molecular complexity index is 633. The van der Waals surface area contributed by atoms with Gasteiger partial charge in [-0.05, 0) is 11.4 Å². The lowest BCUT2D eigenvalue weighted by Crippen LogP contribution is -2.57. The summed E-state index contributed by atoms with van der Waals surface area (Å²) in [6.45, 7) is 4.32. The third-order valence-corrected chi connectivity index (χ3v) is 5.60. The molecule has 1 aromatic heterocycles. The fraction of sp³-hybridized carbons (Fsp3) is 0.562. The molecule has 0 unspecified atom stereocenters. The van der Waals surface area contributed by atoms with Crippen LogP contribution in [0.1, 0.15) is 16.6 Å². The fourth-order valence-electron chi connectivity index (χ4n) is 3.40. The number of hydrogen-bond donors (Lipinski definition) is 1. The van der Waals surface area contributed by atoms with E-state index in [9.17, 15) is 19.5 Å². The van der Waals surface area contributed by atoms with Gasteiger partial charge in [0.05, 0.1) is 10.8 Å². The van der Waals surface area contributed by atoms with Gasteiger partial charge in [-0.1, -0.05) is 6.07 Å². The molecule has 2 aliphatic rings. The van der Waals surface area contributed by atoms with Gasteiger partial charge in [-0.3, -0.25) is 19.3 Å². The van der Waals surface area contributed by atoms with Crippen molar-refractivity contribution in [2.75, 3.05) is 39.3 Å². The van der Waals surface area contributed by atoms with Gasteiger partial charge >= 0.3 is 5.97 Å². The van der Waals surface area contributed by atoms with Crippen LogP contribution in [-0.4, -0.2) is 82.9 Å². The van der Waals surface area contributed by atoms with Gasteiger partial charge in [0, 0.05) is 52.2 Å². The molecule has 3 rings (SSSR count). The van der Waals surface area contributed by atoms with Crippen LogP contribution in [-0.2, 0) is 9.59 Å². The van der Waals surface area contributed by atoms with E-state index in [1.165, 1.54) is 18.3 Å². The zero-order valence-electron chi connectivity index (χ0n) is 13.6. The topological polar surface area (TPSA) is 81.2 Å². The average molecular weight is 351 g/mol. The second kappa shape index (κ2) is 6.90. The summed E-state index contributed by atoms with van der Waals surface area (Å²) in [7, 11) is 0. The molecule has 1 N–H and O–H groups in total. The Morgan fingerprint density at radius 3 is 2.50 bits per heavy atom. The third-order valence-electron chi connectivity index (χ3n) is 4.75. The number of piperazine rings is 1. The van der Waals surface area contributed by atoms with Gasteiger partial charge in [0.1, 0.15) is 0 Å². The SMILES string of the molecule is CC(=O)N1C[C@@H](C(=O)O)CN2CCN(C(=O)c3cccs3)C[C@H]2C1. The van der Waals surface area contributed by atoms with Gasteiger partial charge < -0.3 is 14.9 Å². The lowest BCUT2D eigenvalue weighted by molar-refractivity contribution is -0.143. The van der Waals surface area contributed by atoms with E-state index in [4.69, 9.17) is 0 Å². The summed E-state index contributed by atoms with van der Waals surface area (Å²) >= 11 is 1.42. The lowest BCUT2D eigenvalue weighted by atomic mass is 10.1. The summed E-state index contributed by atoms with van der Waals surface area (Å²) in [6.07, 6.45) is 0. The minimum Gasteiger partial charge on any atom is -0.481 e. The van der Waals surface area contributed by atoms with Crippen molar-refractivity contribution in [1.82, 2.24) is 14.7 Å². The number of fused-ring (bicyclic) bond motifs is 1. The number of hydrogen-bond acceptors (Lipinski definition) is 5. The quantitative estimate of drug-likeness (QED) is 0.836. The molecule has 0 aliphatic carbocycles. The summed E-state index contributed by atoms with van der Waals surface area (Å²) in [5.41, 5.74) is 0. The predicted molar refractivity (Wildman–Crippen MR) is 89.0 cm³/mol. The second-order valence-electron chi connectivity index (χ2n) is 6.34. The van der Waals surface area contributed by atoms with E-state index in [0.29, 0.717) is 37.6 Å². The Labute approximate surface area is 144 Å². The average Bonchev–Trinajstić information content (AvgIpc) is 3.00. The highest BCUT2D eigenvalue weighted by Crippen LogP contribution is 2.21. The molecule has 8 heteroatoms. The molecule has 0 radical (unpaired) electrons. The predicted octanol–water partition coefficient (Wildman–Crippen LogP) is 0.437. The molecular formula is C16H21N3O4S. The summed E-state index contributed by atoms with van der Waals surface area (Å²) in [5.74, 6) is -1.57. The molecule has 2 amide bonds. The number of nitrogens with zero attached hydrogens (tertiary/aromatic N) is 3. The highest BCUT2D eigenvalue weighted by Gasteiger charge is 2.38. The van der Waals surface area contributed by atoms with Crippen molar-refractivity contribution >= 4 is 29.1 Å². The van der Waals surface area contributed by atoms with E-state index in [1.54, 1.807) is 4.90 Å². The van der Waals surface area contributed by atoms with Gasteiger partial charge in [0.2, 0.25) is 5.91 Å². The molecule has 1 aromatic rings. The molecule has 7 nitrogen and oxygen atoms in total. The van der Waals surface area contributed by atoms with Crippen LogP contribution in [0, 0.1) is 5.92 Å². The third kappa shape index (κ3) is 3.44. The lowest BCUT2D eigenvalue weighted by Gasteiger charge is -2.41. The fourth-order valence-corrected chi connectivity index (χ4v) is 4.09. The molecular weight excluding hydrogens is 330 g/mol. The second-order valence-corrected chi connectivity index (χ2v) is 7.28. The summed E-state index contributed by atoms with van der Waals surface area (Å²) < 4.78 is 0. The largest absolute Gasteiger partial charge is 0.481 e. The summed E-state index contributed by atoms with van der Waals surface area (Å²) in [5, 5.41) is 11.3. The van der Waals surface area contributed by atoms with Gasteiger partial charge in [-0.2, -0.15) is 0 Å². The number of thiophene rings is 1. The standard InChI is InChI=1S/C16H21N3O4S/c1-11(20)19-8-12(16(22)23)7-17-4-5-18(9-13(17)10-19)15(21)14-3-2-6-24-14/h2-3,6,12-13H,4-5,7-10H2,1H3,(H,22,23)/t12-,13-/m0/s1. The number of amides is 2. The molecule has 0 spiro atoms. The molecule has 2 aliphatic heterocycles. The normalized spacial score (nSPS) is 25.0. The Balaban J connectivity index is 1.75.